The van der Waals surface area contributed by atoms with Gasteiger partial charge in [-0.3, -0.25) is 28.9 Å². The van der Waals surface area contributed by atoms with Crippen LogP contribution in [0.25, 0.3) is 0 Å². The van der Waals surface area contributed by atoms with Gasteiger partial charge in [0.15, 0.2) is 0 Å². The van der Waals surface area contributed by atoms with Crippen LogP contribution in [0.5, 0.6) is 0 Å². The molecule has 0 aliphatic carbocycles. The molecule has 2 rings (SSSR count). The van der Waals surface area contributed by atoms with Crippen molar-refractivity contribution in [2.75, 3.05) is 47.9 Å². The van der Waals surface area contributed by atoms with Crippen LogP contribution >= 0.6 is 0 Å². The molecule has 1 aliphatic heterocycles. The van der Waals surface area contributed by atoms with Gasteiger partial charge in [0, 0.05) is 46.8 Å². The molecule has 60 heavy (non-hydrogen) atoms. The maximum absolute atomic E-state index is 14.4. The number of rotatable bonds is 25. The van der Waals surface area contributed by atoms with Crippen molar-refractivity contribution in [2.24, 2.45) is 23.5 Å². The highest BCUT2D eigenvalue weighted by molar-refractivity contribution is 5.92. The lowest BCUT2D eigenvalue weighted by Gasteiger charge is -2.40. The quantitative estimate of drug-likeness (QED) is 0.0901. The molecule has 6 N–H and O–H groups in total. The Morgan fingerprint density at radius 1 is 0.967 bits per heavy atom. The summed E-state index contributed by atoms with van der Waals surface area (Å²) in [5.41, 5.74) is 6.66. The van der Waals surface area contributed by atoms with Gasteiger partial charge in [-0.1, -0.05) is 78.0 Å². The fraction of sp³-hybridized carbons (Fsp3) is 0.682. The van der Waals surface area contributed by atoms with Crippen LogP contribution in [-0.2, 0) is 44.7 Å². The number of hydrogen-bond donors (Lipinski definition) is 5. The number of nitrogens with two attached hydrogens (primary N) is 1. The normalized spacial score (nSPS) is 18.6. The topological polar surface area (TPSA) is 213 Å². The number of ether oxygens (including phenoxy) is 2. The summed E-state index contributed by atoms with van der Waals surface area (Å²) in [6.45, 7) is 17.7. The lowest BCUT2D eigenvalue weighted by atomic mass is 9.89. The number of carboxylic acids is 1. The van der Waals surface area contributed by atoms with Gasteiger partial charge in [0.25, 0.3) is 0 Å². The number of amides is 5. The zero-order chi connectivity index (χ0) is 45.4. The van der Waals surface area contributed by atoms with Crippen LogP contribution in [0, 0.1) is 17.8 Å². The van der Waals surface area contributed by atoms with E-state index in [0.29, 0.717) is 37.9 Å². The van der Waals surface area contributed by atoms with Gasteiger partial charge >= 0.3 is 5.97 Å². The van der Waals surface area contributed by atoms with Gasteiger partial charge in [0.2, 0.25) is 29.5 Å². The first kappa shape index (κ1) is 51.8. The molecule has 1 aromatic carbocycles. The molecule has 1 aromatic rings. The first-order chi connectivity index (χ1) is 28.2. The number of carbonyl (C=O) groups is 6. The number of benzene rings is 1. The molecule has 1 fully saturated rings. The Morgan fingerprint density at radius 2 is 1.60 bits per heavy atom. The standard InChI is InChI=1S/C44H73N7O9/c1-13-28(6)39(50(10)43(56)37(26(2)3)48-42(55)38(27(4)5)49(9)25-29(7)46-35(52)24-45)34(59-11)23-36(53)51-21-17-20-33(51)40(60-12)30(8)41(54)47-32(44(57)58)22-31-18-15-14-16-19-31/h14-16,18-19,27-30,32-34,37-40H,2,13,17,20-25,45H2,1,3-12H3,(H,46,52)(H,47,54)(H,48,55)(H,57,58)/t28-,29-,30+,32-,33-,34+,37-,38-,39-,40+/m0/s1. The first-order valence-corrected chi connectivity index (χ1v) is 21.1. The van der Waals surface area contributed by atoms with Crippen LogP contribution in [0.15, 0.2) is 42.5 Å². The monoisotopic (exact) mass is 844 g/mol. The number of hydrogen-bond acceptors (Lipinski definition) is 10. The number of nitrogens with one attached hydrogen (secondary N) is 3. The molecule has 0 bridgehead atoms. The summed E-state index contributed by atoms with van der Waals surface area (Å²) < 4.78 is 11.9. The average molecular weight is 844 g/mol. The van der Waals surface area contributed by atoms with Gasteiger partial charge in [-0.05, 0) is 56.7 Å². The molecule has 0 radical (unpaired) electrons. The number of likely N-dealkylation sites (N-methyl/N-ethyl adjacent to an activating group) is 2. The van der Waals surface area contributed by atoms with E-state index in [1.165, 1.54) is 14.2 Å². The van der Waals surface area contributed by atoms with E-state index in [9.17, 15) is 33.9 Å². The van der Waals surface area contributed by atoms with Gasteiger partial charge in [-0.15, -0.1) is 0 Å². The Kier molecular flexibility index (Phi) is 21.4. The molecule has 16 heteroatoms. The van der Waals surface area contributed by atoms with Crippen molar-refractivity contribution in [2.45, 2.75) is 129 Å². The second-order valence-corrected chi connectivity index (χ2v) is 16.8. The molecule has 338 valence electrons. The predicted molar refractivity (Wildman–Crippen MR) is 230 cm³/mol. The third kappa shape index (κ3) is 14.4. The molecule has 0 saturated carbocycles. The van der Waals surface area contributed by atoms with Crippen LogP contribution in [-0.4, -0.2) is 152 Å². The van der Waals surface area contributed by atoms with Gasteiger partial charge < -0.3 is 46.1 Å². The first-order valence-electron chi connectivity index (χ1n) is 21.1. The van der Waals surface area contributed by atoms with Crippen molar-refractivity contribution in [3.05, 3.63) is 48.0 Å². The van der Waals surface area contributed by atoms with Crippen LogP contribution < -0.4 is 21.7 Å². The zero-order valence-corrected chi connectivity index (χ0v) is 37.7. The molecule has 1 aliphatic rings. The number of aliphatic carboxylic acids is 1. The van der Waals surface area contributed by atoms with Gasteiger partial charge in [0.1, 0.15) is 12.1 Å². The maximum Gasteiger partial charge on any atom is 0.326 e. The minimum absolute atomic E-state index is 0.0714. The van der Waals surface area contributed by atoms with E-state index >= 15 is 0 Å². The van der Waals surface area contributed by atoms with E-state index in [0.717, 1.165) is 5.56 Å². The molecular formula is C44H73N7O9. The third-order valence-electron chi connectivity index (χ3n) is 11.7. The lowest BCUT2D eigenvalue weighted by molar-refractivity contribution is -0.147. The van der Waals surface area contributed by atoms with Crippen molar-refractivity contribution in [1.82, 2.24) is 30.7 Å². The van der Waals surface area contributed by atoms with Crippen molar-refractivity contribution in [1.29, 1.82) is 0 Å². The maximum atomic E-state index is 14.4. The van der Waals surface area contributed by atoms with Crippen molar-refractivity contribution in [3.63, 3.8) is 0 Å². The summed E-state index contributed by atoms with van der Waals surface area (Å²) in [4.78, 5) is 85.2. The molecular weight excluding hydrogens is 771 g/mol. The number of likely N-dealkylation sites (tertiary alicyclic amines) is 1. The van der Waals surface area contributed by atoms with Crippen LogP contribution in [0.1, 0.15) is 79.7 Å². The SMILES string of the molecule is C=C(C)[C@H](NC(=O)[C@H](C(C)C)N(C)C[C@H](C)NC(=O)CN)C(=O)N(C)[C@@H]([C@@H](C)CC)[C@@H](CC(=O)N1CCC[C@H]1[C@H](OC)[C@@H](C)C(=O)N[C@@H](Cc1ccccc1)C(=O)O)OC. The summed E-state index contributed by atoms with van der Waals surface area (Å²) in [5, 5.41) is 18.3. The largest absolute Gasteiger partial charge is 0.480 e. The molecule has 5 amide bonds. The molecule has 0 spiro atoms. The van der Waals surface area contributed by atoms with E-state index in [1.807, 2.05) is 45.6 Å². The summed E-state index contributed by atoms with van der Waals surface area (Å²) in [5.74, 6) is -4.02. The molecule has 10 atom stereocenters. The van der Waals surface area contributed by atoms with Gasteiger partial charge in [0.05, 0.1) is 49.2 Å². The Bertz CT molecular complexity index is 1590. The van der Waals surface area contributed by atoms with E-state index in [1.54, 1.807) is 62.0 Å². The van der Waals surface area contributed by atoms with Crippen molar-refractivity contribution >= 4 is 35.5 Å². The molecule has 0 aromatic heterocycles. The highest BCUT2D eigenvalue weighted by Crippen LogP contribution is 2.30. The fourth-order valence-corrected chi connectivity index (χ4v) is 8.42. The van der Waals surface area contributed by atoms with E-state index < -0.39 is 66.1 Å². The summed E-state index contributed by atoms with van der Waals surface area (Å²) in [7, 11) is 6.42. The smallest absolute Gasteiger partial charge is 0.326 e. The summed E-state index contributed by atoms with van der Waals surface area (Å²) in [6, 6.07) is 4.87. The Hall–Kier alpha value is -4.38. The highest BCUT2D eigenvalue weighted by atomic mass is 16.5. The van der Waals surface area contributed by atoms with Gasteiger partial charge in [-0.25, -0.2) is 4.79 Å². The fourth-order valence-electron chi connectivity index (χ4n) is 8.42. The Morgan fingerprint density at radius 3 is 2.12 bits per heavy atom. The lowest BCUT2D eigenvalue weighted by Crippen LogP contribution is -2.59. The highest BCUT2D eigenvalue weighted by Gasteiger charge is 2.43. The number of carboxylic acid groups (broad SMARTS) is 1. The van der Waals surface area contributed by atoms with Crippen LogP contribution in [0.4, 0.5) is 0 Å². The molecule has 1 saturated heterocycles. The minimum atomic E-state index is -1.16. The van der Waals surface area contributed by atoms with Crippen LogP contribution in [0.2, 0.25) is 0 Å². The molecule has 16 nitrogen and oxygen atoms in total. The van der Waals surface area contributed by atoms with E-state index in [-0.39, 0.29) is 55.0 Å². The van der Waals surface area contributed by atoms with Crippen molar-refractivity contribution in [3.8, 4) is 0 Å². The zero-order valence-electron chi connectivity index (χ0n) is 37.7. The van der Waals surface area contributed by atoms with E-state index in [4.69, 9.17) is 15.2 Å². The molecule has 0 unspecified atom stereocenters. The number of nitrogens with zero attached hydrogens (tertiary/aromatic N) is 3. The molecule has 1 heterocycles. The third-order valence-corrected chi connectivity index (χ3v) is 11.7. The van der Waals surface area contributed by atoms with Crippen LogP contribution in [0.3, 0.4) is 0 Å². The Labute approximate surface area is 357 Å². The summed E-state index contributed by atoms with van der Waals surface area (Å²) >= 11 is 0. The second-order valence-electron chi connectivity index (χ2n) is 16.8. The second kappa shape index (κ2) is 24.8. The number of methoxy groups -OCH3 is 2. The van der Waals surface area contributed by atoms with Gasteiger partial charge in [-0.2, -0.15) is 0 Å². The Balaban J connectivity index is 2.28. The summed E-state index contributed by atoms with van der Waals surface area (Å²) in [6.07, 6.45) is 0.491. The van der Waals surface area contributed by atoms with E-state index in [2.05, 4.69) is 22.5 Å². The number of carbonyl (C=O) groups excluding carboxylic acids is 5. The minimum Gasteiger partial charge on any atom is -0.480 e. The average Bonchev–Trinajstić information content (AvgIpc) is 3.68. The van der Waals surface area contributed by atoms with Crippen molar-refractivity contribution < 1.29 is 43.3 Å². The predicted octanol–water partition coefficient (Wildman–Crippen LogP) is 2.20.